The molecule has 0 aliphatic carbocycles. The van der Waals surface area contributed by atoms with Gasteiger partial charge in [0.25, 0.3) is 0 Å². The van der Waals surface area contributed by atoms with Crippen molar-refractivity contribution in [2.24, 2.45) is 4.99 Å². The van der Waals surface area contributed by atoms with Crippen molar-refractivity contribution in [2.75, 3.05) is 13.7 Å². The predicted octanol–water partition coefficient (Wildman–Crippen LogP) is 5.92. The Morgan fingerprint density at radius 2 is 1.52 bits per heavy atom. The van der Waals surface area contributed by atoms with Crippen LogP contribution in [0.2, 0.25) is 0 Å². The molecule has 0 bridgehead atoms. The van der Waals surface area contributed by atoms with Gasteiger partial charge in [0, 0.05) is 18.5 Å². The number of ether oxygens (including phenoxy) is 2. The number of hydrogen-bond acceptors (Lipinski definition) is 4. The molecular weight excluding hydrogens is 362 g/mol. The molecule has 0 unspecified atom stereocenters. The highest BCUT2D eigenvalue weighted by Crippen LogP contribution is 2.35. The summed E-state index contributed by atoms with van der Waals surface area (Å²) in [6.07, 6.45) is 5.61. The van der Waals surface area contributed by atoms with Gasteiger partial charge in [-0.1, -0.05) is 80.6 Å². The van der Waals surface area contributed by atoms with Gasteiger partial charge in [0.1, 0.15) is 0 Å². The van der Waals surface area contributed by atoms with E-state index in [-0.39, 0.29) is 0 Å². The normalized spacial score (nSPS) is 11.7. The van der Waals surface area contributed by atoms with Crippen LogP contribution in [-0.2, 0) is 19.9 Å². The summed E-state index contributed by atoms with van der Waals surface area (Å²) in [5.41, 5.74) is 1.52. The Balaban J connectivity index is 0.000000447. The molecule has 0 aromatic heterocycles. The second-order valence-electron chi connectivity index (χ2n) is 6.45. The quantitative estimate of drug-likeness (QED) is 0.412. The van der Waals surface area contributed by atoms with Gasteiger partial charge in [0.15, 0.2) is 0 Å². The van der Waals surface area contributed by atoms with Crippen LogP contribution in [0.1, 0.15) is 51.7 Å². The molecule has 29 heavy (non-hydrogen) atoms. The van der Waals surface area contributed by atoms with E-state index in [1.54, 1.807) is 0 Å². The fourth-order valence-corrected chi connectivity index (χ4v) is 2.67. The smallest absolute Gasteiger partial charge is 0.347 e. The van der Waals surface area contributed by atoms with E-state index in [9.17, 15) is 4.79 Å². The summed E-state index contributed by atoms with van der Waals surface area (Å²) >= 11 is 0. The van der Waals surface area contributed by atoms with Crippen molar-refractivity contribution in [3.8, 4) is 0 Å². The molecule has 0 amide bonds. The zero-order valence-electron chi connectivity index (χ0n) is 18.2. The second-order valence-corrected chi connectivity index (χ2v) is 6.45. The third-order valence-electron chi connectivity index (χ3n) is 4.31. The van der Waals surface area contributed by atoms with Gasteiger partial charge < -0.3 is 9.47 Å². The molecule has 4 nitrogen and oxygen atoms in total. The average Bonchev–Trinajstić information content (AvgIpc) is 2.79. The molecule has 0 N–H and O–H groups in total. The molecule has 2 rings (SSSR count). The molecule has 0 heterocycles. The van der Waals surface area contributed by atoms with Gasteiger partial charge in [0.05, 0.1) is 7.11 Å². The van der Waals surface area contributed by atoms with Crippen LogP contribution in [0.3, 0.4) is 0 Å². The van der Waals surface area contributed by atoms with Crippen LogP contribution in [0.25, 0.3) is 0 Å². The second kappa shape index (κ2) is 13.5. The largest absolute Gasteiger partial charge is 0.466 e. The maximum Gasteiger partial charge on any atom is 0.347 e. The SMILES string of the molecule is C/C=C\N=C(C)CC.CCCOC(C(=O)OC)(c1ccccc1)c1ccccc1. The molecule has 0 radical (unpaired) electrons. The molecule has 4 heteroatoms. The first-order valence-corrected chi connectivity index (χ1v) is 10.0. The monoisotopic (exact) mass is 395 g/mol. The highest BCUT2D eigenvalue weighted by molar-refractivity contribution is 5.85. The maximum absolute atomic E-state index is 12.6. The number of methoxy groups -OCH3 is 1. The van der Waals surface area contributed by atoms with Crippen molar-refractivity contribution in [3.63, 3.8) is 0 Å². The van der Waals surface area contributed by atoms with Gasteiger partial charge in [-0.2, -0.15) is 0 Å². The van der Waals surface area contributed by atoms with Crippen LogP contribution in [0.5, 0.6) is 0 Å². The minimum absolute atomic E-state index is 0.409. The Morgan fingerprint density at radius 3 is 1.90 bits per heavy atom. The van der Waals surface area contributed by atoms with Crippen LogP contribution in [0.15, 0.2) is 77.9 Å². The van der Waals surface area contributed by atoms with Gasteiger partial charge in [-0.15, -0.1) is 0 Å². The first kappa shape index (κ1) is 24.3. The lowest BCUT2D eigenvalue weighted by molar-refractivity contribution is -0.165. The van der Waals surface area contributed by atoms with E-state index in [1.165, 1.54) is 12.8 Å². The van der Waals surface area contributed by atoms with Crippen molar-refractivity contribution < 1.29 is 14.3 Å². The molecule has 2 aromatic rings. The summed E-state index contributed by atoms with van der Waals surface area (Å²) in [4.78, 5) is 16.7. The summed E-state index contributed by atoms with van der Waals surface area (Å²) in [7, 11) is 1.39. The molecule has 0 aliphatic rings. The van der Waals surface area contributed by atoms with E-state index >= 15 is 0 Å². The molecule has 0 saturated heterocycles. The summed E-state index contributed by atoms with van der Waals surface area (Å²) in [5.74, 6) is -0.409. The minimum atomic E-state index is -1.21. The van der Waals surface area contributed by atoms with E-state index in [2.05, 4.69) is 11.9 Å². The zero-order valence-corrected chi connectivity index (χ0v) is 18.2. The fraction of sp³-hybridized carbons (Fsp3) is 0.360. The first-order chi connectivity index (χ1) is 14.1. The van der Waals surface area contributed by atoms with Crippen LogP contribution in [0.4, 0.5) is 0 Å². The van der Waals surface area contributed by atoms with Crippen LogP contribution < -0.4 is 0 Å². The lowest BCUT2D eigenvalue weighted by Crippen LogP contribution is -2.41. The Kier molecular flexibility index (Phi) is 11.3. The summed E-state index contributed by atoms with van der Waals surface area (Å²) in [5, 5.41) is 0. The predicted molar refractivity (Wildman–Crippen MR) is 120 cm³/mol. The van der Waals surface area contributed by atoms with Crippen molar-refractivity contribution in [3.05, 3.63) is 84.1 Å². The van der Waals surface area contributed by atoms with E-state index in [4.69, 9.17) is 9.47 Å². The molecule has 2 aromatic carbocycles. The van der Waals surface area contributed by atoms with Crippen molar-refractivity contribution in [2.45, 2.75) is 46.1 Å². The number of nitrogens with zero attached hydrogens (tertiary/aromatic N) is 1. The van der Waals surface area contributed by atoms with Crippen molar-refractivity contribution >= 4 is 11.7 Å². The third kappa shape index (κ3) is 6.99. The Morgan fingerprint density at radius 1 is 1.00 bits per heavy atom. The van der Waals surface area contributed by atoms with Crippen LogP contribution >= 0.6 is 0 Å². The van der Waals surface area contributed by atoms with Gasteiger partial charge in [-0.05, 0) is 37.8 Å². The lowest BCUT2D eigenvalue weighted by atomic mass is 9.86. The number of rotatable bonds is 8. The lowest BCUT2D eigenvalue weighted by Gasteiger charge is -2.32. The Hall–Kier alpha value is -2.72. The van der Waals surface area contributed by atoms with Gasteiger partial charge in [0.2, 0.25) is 5.60 Å². The molecular formula is C25H33NO3. The zero-order chi connectivity index (χ0) is 21.5. The molecule has 0 saturated carbocycles. The number of aliphatic imine (C=N–C) groups is 1. The number of esters is 1. The first-order valence-electron chi connectivity index (χ1n) is 10.0. The number of hydrogen-bond donors (Lipinski definition) is 0. The van der Waals surface area contributed by atoms with E-state index in [1.807, 2.05) is 93.7 Å². The summed E-state index contributed by atoms with van der Waals surface area (Å²) in [6.45, 7) is 8.58. The Bertz CT molecular complexity index is 728. The van der Waals surface area contributed by atoms with Crippen LogP contribution in [-0.4, -0.2) is 25.4 Å². The number of carbonyl (C=O) groups excluding carboxylic acids is 1. The highest BCUT2D eigenvalue weighted by Gasteiger charge is 2.44. The molecule has 156 valence electrons. The third-order valence-corrected chi connectivity index (χ3v) is 4.31. The molecule has 0 spiro atoms. The summed E-state index contributed by atoms with van der Waals surface area (Å²) in [6, 6.07) is 19.0. The number of carbonyl (C=O) groups is 1. The van der Waals surface area contributed by atoms with Crippen molar-refractivity contribution in [1.82, 2.24) is 0 Å². The minimum Gasteiger partial charge on any atom is -0.466 e. The topological polar surface area (TPSA) is 47.9 Å². The van der Waals surface area contributed by atoms with E-state index in [0.717, 1.165) is 24.0 Å². The standard InChI is InChI=1S/C18H20O3.C7H13N/c1-3-14-21-18(17(19)20-2,15-10-6-4-7-11-15)16-12-8-5-9-13-16;1-4-6-8-7(3)5-2/h4-13H,3,14H2,1-2H3;4,6H,5H2,1-3H3/b;6-4-,8-7?. The van der Waals surface area contributed by atoms with Crippen LogP contribution in [0, 0.1) is 0 Å². The van der Waals surface area contributed by atoms with Gasteiger partial charge >= 0.3 is 5.97 Å². The van der Waals surface area contributed by atoms with E-state index < -0.39 is 11.6 Å². The average molecular weight is 396 g/mol. The summed E-state index contributed by atoms with van der Waals surface area (Å²) < 4.78 is 11.1. The van der Waals surface area contributed by atoms with E-state index in [0.29, 0.717) is 6.61 Å². The number of allylic oxidation sites excluding steroid dienone is 1. The molecule has 0 atom stereocenters. The van der Waals surface area contributed by atoms with Gasteiger partial charge in [-0.3, -0.25) is 4.99 Å². The maximum atomic E-state index is 12.6. The van der Waals surface area contributed by atoms with Gasteiger partial charge in [-0.25, -0.2) is 4.79 Å². The van der Waals surface area contributed by atoms with Crippen molar-refractivity contribution in [1.29, 1.82) is 0 Å². The number of benzene rings is 2. The molecule has 0 fully saturated rings. The highest BCUT2D eigenvalue weighted by atomic mass is 16.6. The fourth-order valence-electron chi connectivity index (χ4n) is 2.67. The molecule has 0 aliphatic heterocycles. The Labute approximate surface area is 175 Å².